The highest BCUT2D eigenvalue weighted by atomic mass is 79.9. The number of para-hydroxylation sites is 1. The van der Waals surface area contributed by atoms with Gasteiger partial charge in [-0.05, 0) is 55.4 Å². The van der Waals surface area contributed by atoms with Gasteiger partial charge < -0.3 is 5.11 Å². The molecule has 5 nitrogen and oxygen atoms in total. The number of sulfonamides is 1. The lowest BCUT2D eigenvalue weighted by Crippen LogP contribution is -2.15. The predicted molar refractivity (Wildman–Crippen MR) is 83.9 cm³/mol. The minimum Gasteiger partial charge on any atom is -0.477 e. The maximum atomic E-state index is 12.3. The standard InChI is InChI=1S/C11H7Br2NO4S2/c12-6-2-1-3-7(13)9(6)14-20(17,18)8-4-5-19-10(8)11(15)16/h1-5,14H,(H,15,16). The van der Waals surface area contributed by atoms with Crippen molar-refractivity contribution in [3.05, 3.63) is 43.5 Å². The van der Waals surface area contributed by atoms with E-state index < -0.39 is 16.0 Å². The van der Waals surface area contributed by atoms with Crippen molar-refractivity contribution in [2.45, 2.75) is 4.90 Å². The molecule has 0 aliphatic carbocycles. The Kier molecular flexibility index (Phi) is 4.52. The molecule has 2 N–H and O–H groups in total. The van der Waals surface area contributed by atoms with E-state index in [1.54, 1.807) is 18.2 Å². The average Bonchev–Trinajstić information content (AvgIpc) is 2.84. The number of rotatable bonds is 4. The monoisotopic (exact) mass is 439 g/mol. The number of carboxylic acid groups (broad SMARTS) is 1. The molecule has 0 bridgehead atoms. The Labute approximate surface area is 135 Å². The highest BCUT2D eigenvalue weighted by Crippen LogP contribution is 2.33. The molecule has 106 valence electrons. The van der Waals surface area contributed by atoms with Crippen LogP contribution in [0.1, 0.15) is 9.67 Å². The van der Waals surface area contributed by atoms with Gasteiger partial charge in [0.15, 0.2) is 0 Å². The first-order valence-electron chi connectivity index (χ1n) is 5.10. The van der Waals surface area contributed by atoms with Crippen molar-refractivity contribution in [2.24, 2.45) is 0 Å². The van der Waals surface area contributed by atoms with Gasteiger partial charge in [0.1, 0.15) is 9.77 Å². The second-order valence-corrected chi connectivity index (χ2v) is 7.90. The van der Waals surface area contributed by atoms with Crippen LogP contribution in [0.2, 0.25) is 0 Å². The van der Waals surface area contributed by atoms with Crippen molar-refractivity contribution in [3.63, 3.8) is 0 Å². The van der Waals surface area contributed by atoms with Gasteiger partial charge in [-0.15, -0.1) is 11.3 Å². The van der Waals surface area contributed by atoms with Crippen LogP contribution < -0.4 is 4.72 Å². The minimum atomic E-state index is -3.97. The van der Waals surface area contributed by atoms with Crippen molar-refractivity contribution >= 4 is 64.9 Å². The summed E-state index contributed by atoms with van der Waals surface area (Å²) < 4.78 is 28.0. The van der Waals surface area contributed by atoms with E-state index in [0.717, 1.165) is 11.3 Å². The Morgan fingerprint density at radius 3 is 2.35 bits per heavy atom. The fourth-order valence-electron chi connectivity index (χ4n) is 1.45. The third-order valence-electron chi connectivity index (χ3n) is 2.31. The minimum absolute atomic E-state index is 0.222. The largest absolute Gasteiger partial charge is 0.477 e. The predicted octanol–water partition coefficient (Wildman–Crippen LogP) is 3.77. The molecule has 1 aromatic carbocycles. The molecule has 0 aliphatic rings. The SMILES string of the molecule is O=C(O)c1sccc1S(=O)(=O)Nc1c(Br)cccc1Br. The summed E-state index contributed by atoms with van der Waals surface area (Å²) in [6.07, 6.45) is 0. The number of aromatic carboxylic acids is 1. The van der Waals surface area contributed by atoms with Crippen molar-refractivity contribution in [2.75, 3.05) is 4.72 Å². The first-order chi connectivity index (χ1) is 9.33. The Morgan fingerprint density at radius 2 is 1.80 bits per heavy atom. The molecule has 0 saturated carbocycles. The molecule has 20 heavy (non-hydrogen) atoms. The molecule has 1 aromatic heterocycles. The summed E-state index contributed by atoms with van der Waals surface area (Å²) in [6.45, 7) is 0. The van der Waals surface area contributed by atoms with Crippen LogP contribution in [0.3, 0.4) is 0 Å². The first kappa shape index (κ1) is 15.5. The van der Waals surface area contributed by atoms with Gasteiger partial charge in [0.25, 0.3) is 10.0 Å². The van der Waals surface area contributed by atoms with Gasteiger partial charge in [0.05, 0.1) is 5.69 Å². The van der Waals surface area contributed by atoms with Crippen LogP contribution in [0, 0.1) is 0 Å². The molecule has 0 unspecified atom stereocenters. The lowest BCUT2D eigenvalue weighted by atomic mass is 10.3. The number of anilines is 1. The van der Waals surface area contributed by atoms with Crippen LogP contribution in [0.15, 0.2) is 43.5 Å². The number of halogens is 2. The Hall–Kier alpha value is -0.900. The van der Waals surface area contributed by atoms with E-state index >= 15 is 0 Å². The van der Waals surface area contributed by atoms with Crippen LogP contribution in [0.4, 0.5) is 5.69 Å². The maximum absolute atomic E-state index is 12.3. The number of carbonyl (C=O) groups is 1. The smallest absolute Gasteiger partial charge is 0.347 e. The molecule has 1 heterocycles. The van der Waals surface area contributed by atoms with E-state index in [2.05, 4.69) is 36.6 Å². The number of carboxylic acids is 1. The number of benzene rings is 1. The molecule has 0 spiro atoms. The molecular formula is C11H7Br2NO4S2. The summed E-state index contributed by atoms with van der Waals surface area (Å²) in [5.41, 5.74) is 0.315. The molecule has 0 amide bonds. The van der Waals surface area contributed by atoms with E-state index in [0.29, 0.717) is 14.6 Å². The van der Waals surface area contributed by atoms with Crippen LogP contribution in [0.5, 0.6) is 0 Å². The highest BCUT2D eigenvalue weighted by molar-refractivity contribution is 9.11. The van der Waals surface area contributed by atoms with Crippen LogP contribution >= 0.6 is 43.2 Å². The van der Waals surface area contributed by atoms with E-state index in [1.165, 1.54) is 11.4 Å². The van der Waals surface area contributed by atoms with Gasteiger partial charge in [-0.2, -0.15) is 0 Å². The molecule has 2 aromatic rings. The summed E-state index contributed by atoms with van der Waals surface area (Å²) in [6, 6.07) is 6.35. The zero-order chi connectivity index (χ0) is 14.9. The molecule has 2 rings (SSSR count). The normalized spacial score (nSPS) is 11.3. The molecule has 0 radical (unpaired) electrons. The lowest BCUT2D eigenvalue weighted by molar-refractivity contribution is 0.0698. The van der Waals surface area contributed by atoms with Gasteiger partial charge in [-0.25, -0.2) is 13.2 Å². The third-order valence-corrected chi connectivity index (χ3v) is 6.06. The fourth-order valence-corrected chi connectivity index (χ4v) is 5.27. The quantitative estimate of drug-likeness (QED) is 0.757. The zero-order valence-electron chi connectivity index (χ0n) is 9.63. The van der Waals surface area contributed by atoms with E-state index in [-0.39, 0.29) is 9.77 Å². The maximum Gasteiger partial charge on any atom is 0.347 e. The van der Waals surface area contributed by atoms with Crippen LogP contribution in [0.25, 0.3) is 0 Å². The van der Waals surface area contributed by atoms with Crippen LogP contribution in [-0.4, -0.2) is 19.5 Å². The number of hydrogen-bond acceptors (Lipinski definition) is 4. The molecule has 9 heteroatoms. The molecule has 0 aliphatic heterocycles. The first-order valence-corrected chi connectivity index (χ1v) is 9.05. The van der Waals surface area contributed by atoms with Gasteiger partial charge in [-0.3, -0.25) is 4.72 Å². The van der Waals surface area contributed by atoms with Crippen molar-refractivity contribution in [3.8, 4) is 0 Å². The second kappa shape index (κ2) is 5.84. The van der Waals surface area contributed by atoms with Gasteiger partial charge in [-0.1, -0.05) is 6.07 Å². The summed E-state index contributed by atoms with van der Waals surface area (Å²) in [4.78, 5) is 10.5. The third kappa shape index (κ3) is 3.05. The fraction of sp³-hybridized carbons (Fsp3) is 0. The Bertz CT molecular complexity index is 750. The molecule has 0 saturated heterocycles. The van der Waals surface area contributed by atoms with Crippen molar-refractivity contribution in [1.29, 1.82) is 0 Å². The zero-order valence-corrected chi connectivity index (χ0v) is 14.4. The van der Waals surface area contributed by atoms with E-state index in [4.69, 9.17) is 5.11 Å². The van der Waals surface area contributed by atoms with Gasteiger partial charge in [0.2, 0.25) is 0 Å². The number of hydrogen-bond donors (Lipinski definition) is 2. The van der Waals surface area contributed by atoms with E-state index in [9.17, 15) is 13.2 Å². The topological polar surface area (TPSA) is 83.5 Å². The molecular weight excluding hydrogens is 434 g/mol. The van der Waals surface area contributed by atoms with E-state index in [1.807, 2.05) is 0 Å². The lowest BCUT2D eigenvalue weighted by Gasteiger charge is -2.11. The average molecular weight is 441 g/mol. The van der Waals surface area contributed by atoms with Crippen LogP contribution in [-0.2, 0) is 10.0 Å². The summed E-state index contributed by atoms with van der Waals surface area (Å²) >= 11 is 7.34. The summed E-state index contributed by atoms with van der Waals surface area (Å²) in [5.74, 6) is -1.27. The summed E-state index contributed by atoms with van der Waals surface area (Å²) in [7, 11) is -3.97. The number of thiophene rings is 1. The summed E-state index contributed by atoms with van der Waals surface area (Å²) in [5, 5.41) is 10.4. The molecule has 0 fully saturated rings. The second-order valence-electron chi connectivity index (χ2n) is 3.62. The van der Waals surface area contributed by atoms with Gasteiger partial charge >= 0.3 is 5.97 Å². The van der Waals surface area contributed by atoms with Crippen molar-refractivity contribution < 1.29 is 18.3 Å². The molecule has 0 atom stereocenters. The number of nitrogens with one attached hydrogen (secondary N) is 1. The van der Waals surface area contributed by atoms with Gasteiger partial charge in [0, 0.05) is 8.95 Å². The van der Waals surface area contributed by atoms with Crippen molar-refractivity contribution in [1.82, 2.24) is 0 Å². The highest BCUT2D eigenvalue weighted by Gasteiger charge is 2.25. The Morgan fingerprint density at radius 1 is 1.20 bits per heavy atom. The Balaban J connectivity index is 2.47.